The summed E-state index contributed by atoms with van der Waals surface area (Å²) in [6, 6.07) is 12.4. The Kier molecular flexibility index (Phi) is 4.67. The summed E-state index contributed by atoms with van der Waals surface area (Å²) in [6.07, 6.45) is -4.36. The van der Waals surface area contributed by atoms with Gasteiger partial charge in [-0.3, -0.25) is 5.43 Å². The number of alkyl halides is 3. The molecule has 0 aromatic heterocycles. The highest BCUT2D eigenvalue weighted by atomic mass is 79.9. The first-order chi connectivity index (χ1) is 9.86. The van der Waals surface area contributed by atoms with Gasteiger partial charge in [0.15, 0.2) is 0 Å². The average molecular weight is 357 g/mol. The minimum absolute atomic E-state index is 0.291. The largest absolute Gasteiger partial charge is 0.416 e. The third-order valence-corrected chi connectivity index (χ3v) is 3.28. The van der Waals surface area contributed by atoms with E-state index in [1.807, 2.05) is 24.3 Å². The van der Waals surface area contributed by atoms with Gasteiger partial charge in [-0.25, -0.2) is 0 Å². The first kappa shape index (κ1) is 15.6. The summed E-state index contributed by atoms with van der Waals surface area (Å²) >= 11 is 3.36. The van der Waals surface area contributed by atoms with Crippen LogP contribution in [-0.4, -0.2) is 5.71 Å². The molecule has 0 saturated carbocycles. The van der Waals surface area contributed by atoms with Crippen molar-refractivity contribution in [3.05, 3.63) is 64.1 Å². The molecule has 0 heterocycles. The van der Waals surface area contributed by atoms with Crippen LogP contribution >= 0.6 is 15.9 Å². The molecule has 0 fully saturated rings. The Morgan fingerprint density at radius 1 is 1.10 bits per heavy atom. The van der Waals surface area contributed by atoms with Gasteiger partial charge in [0.2, 0.25) is 0 Å². The smallest absolute Gasteiger partial charge is 0.278 e. The highest BCUT2D eigenvalue weighted by Crippen LogP contribution is 2.30. The summed E-state index contributed by atoms with van der Waals surface area (Å²) in [7, 11) is 0. The van der Waals surface area contributed by atoms with E-state index < -0.39 is 11.7 Å². The molecule has 0 saturated heterocycles. The molecule has 110 valence electrons. The van der Waals surface area contributed by atoms with Crippen molar-refractivity contribution in [2.45, 2.75) is 13.1 Å². The normalized spacial score (nSPS) is 12.3. The lowest BCUT2D eigenvalue weighted by Crippen LogP contribution is -2.05. The molecule has 0 aliphatic rings. The van der Waals surface area contributed by atoms with Gasteiger partial charge >= 0.3 is 6.18 Å². The third kappa shape index (κ3) is 4.32. The molecule has 0 amide bonds. The zero-order valence-electron chi connectivity index (χ0n) is 11.1. The van der Waals surface area contributed by atoms with Crippen molar-refractivity contribution in [3.8, 4) is 0 Å². The minimum atomic E-state index is -4.36. The molecule has 0 aliphatic carbocycles. The lowest BCUT2D eigenvalue weighted by atomic mass is 10.1. The number of hydrogen-bond donors (Lipinski definition) is 1. The Balaban J connectivity index is 2.17. The maximum atomic E-state index is 12.6. The van der Waals surface area contributed by atoms with Crippen molar-refractivity contribution in [2.75, 3.05) is 5.43 Å². The van der Waals surface area contributed by atoms with Crippen LogP contribution in [-0.2, 0) is 6.18 Å². The summed E-state index contributed by atoms with van der Waals surface area (Å²) in [5.41, 5.74) is 3.79. The molecule has 0 bridgehead atoms. The fourth-order valence-electron chi connectivity index (χ4n) is 1.69. The number of anilines is 1. The second-order valence-electron chi connectivity index (χ2n) is 4.40. The molecule has 2 rings (SSSR count). The second-order valence-corrected chi connectivity index (χ2v) is 5.31. The van der Waals surface area contributed by atoms with Gasteiger partial charge in [-0.2, -0.15) is 18.3 Å². The van der Waals surface area contributed by atoms with Crippen LogP contribution in [0, 0.1) is 0 Å². The molecule has 2 aromatic carbocycles. The van der Waals surface area contributed by atoms with E-state index in [4.69, 9.17) is 0 Å². The minimum Gasteiger partial charge on any atom is -0.278 e. The molecular weight excluding hydrogens is 345 g/mol. The Labute approximate surface area is 128 Å². The van der Waals surface area contributed by atoms with E-state index in [1.165, 1.54) is 12.1 Å². The van der Waals surface area contributed by atoms with Gasteiger partial charge in [-0.1, -0.05) is 34.1 Å². The van der Waals surface area contributed by atoms with Gasteiger partial charge in [0, 0.05) is 4.47 Å². The fraction of sp³-hybridized carbons (Fsp3) is 0.133. The van der Waals surface area contributed by atoms with E-state index in [0.717, 1.165) is 22.2 Å². The Hall–Kier alpha value is -1.82. The van der Waals surface area contributed by atoms with E-state index in [2.05, 4.69) is 26.5 Å². The first-order valence-electron chi connectivity index (χ1n) is 6.10. The number of nitrogens with zero attached hydrogens (tertiary/aromatic N) is 1. The zero-order chi connectivity index (χ0) is 15.5. The molecule has 0 unspecified atom stereocenters. The highest BCUT2D eigenvalue weighted by Gasteiger charge is 2.30. The Morgan fingerprint density at radius 3 is 2.48 bits per heavy atom. The van der Waals surface area contributed by atoms with E-state index in [9.17, 15) is 13.2 Å². The van der Waals surface area contributed by atoms with Crippen LogP contribution < -0.4 is 5.43 Å². The first-order valence-corrected chi connectivity index (χ1v) is 6.89. The monoisotopic (exact) mass is 356 g/mol. The lowest BCUT2D eigenvalue weighted by Gasteiger charge is -2.09. The molecule has 0 atom stereocenters. The van der Waals surface area contributed by atoms with Crippen molar-refractivity contribution < 1.29 is 13.2 Å². The van der Waals surface area contributed by atoms with E-state index in [-0.39, 0.29) is 0 Å². The Morgan fingerprint density at radius 2 is 1.81 bits per heavy atom. The molecule has 1 N–H and O–H groups in total. The number of halogens is 4. The van der Waals surface area contributed by atoms with Gasteiger partial charge in [0.05, 0.1) is 17.0 Å². The van der Waals surface area contributed by atoms with E-state index >= 15 is 0 Å². The molecule has 21 heavy (non-hydrogen) atoms. The van der Waals surface area contributed by atoms with Gasteiger partial charge in [-0.05, 0) is 42.8 Å². The van der Waals surface area contributed by atoms with Crippen LogP contribution in [0.15, 0.2) is 58.1 Å². The average Bonchev–Trinajstić information content (AvgIpc) is 2.44. The van der Waals surface area contributed by atoms with Crippen LogP contribution in [0.5, 0.6) is 0 Å². The van der Waals surface area contributed by atoms with E-state index in [0.29, 0.717) is 11.4 Å². The third-order valence-electron chi connectivity index (χ3n) is 2.78. The van der Waals surface area contributed by atoms with Gasteiger partial charge in [0.25, 0.3) is 0 Å². The molecule has 0 radical (unpaired) electrons. The van der Waals surface area contributed by atoms with Crippen LogP contribution in [0.3, 0.4) is 0 Å². The van der Waals surface area contributed by atoms with Crippen LogP contribution in [0.4, 0.5) is 18.9 Å². The van der Waals surface area contributed by atoms with Crippen molar-refractivity contribution in [1.29, 1.82) is 0 Å². The number of hydrazone groups is 1. The van der Waals surface area contributed by atoms with Crippen LogP contribution in [0.1, 0.15) is 18.1 Å². The maximum Gasteiger partial charge on any atom is 0.416 e. The number of rotatable bonds is 3. The molecule has 6 heteroatoms. The van der Waals surface area contributed by atoms with Gasteiger partial charge in [-0.15, -0.1) is 0 Å². The van der Waals surface area contributed by atoms with E-state index in [1.54, 1.807) is 6.92 Å². The Bertz CT molecular complexity index is 666. The van der Waals surface area contributed by atoms with Gasteiger partial charge < -0.3 is 0 Å². The molecule has 0 spiro atoms. The molecular formula is C15H12BrF3N2. The molecule has 2 nitrogen and oxygen atoms in total. The predicted molar refractivity (Wildman–Crippen MR) is 81.4 cm³/mol. The predicted octanol–water partition coefficient (Wildman–Crippen LogP) is 5.30. The highest BCUT2D eigenvalue weighted by molar-refractivity contribution is 9.10. The summed E-state index contributed by atoms with van der Waals surface area (Å²) in [4.78, 5) is 0. The number of benzene rings is 2. The van der Waals surface area contributed by atoms with Crippen molar-refractivity contribution in [2.24, 2.45) is 5.10 Å². The summed E-state index contributed by atoms with van der Waals surface area (Å²) in [6.45, 7) is 1.78. The topological polar surface area (TPSA) is 24.4 Å². The second kappa shape index (κ2) is 6.30. The summed E-state index contributed by atoms with van der Waals surface area (Å²) < 4.78 is 38.7. The van der Waals surface area contributed by atoms with Crippen LogP contribution in [0.25, 0.3) is 0 Å². The summed E-state index contributed by atoms with van der Waals surface area (Å²) in [5.74, 6) is 0. The van der Waals surface area contributed by atoms with Crippen LogP contribution in [0.2, 0.25) is 0 Å². The standard InChI is InChI=1S/C15H12BrF3N2/c1-10(11-4-2-6-13(16)8-11)20-21-14-7-3-5-12(9-14)15(17,18)19/h2-9,21H,1H3/b20-10-. The van der Waals surface area contributed by atoms with Crippen molar-refractivity contribution in [1.82, 2.24) is 0 Å². The number of hydrogen-bond acceptors (Lipinski definition) is 2. The zero-order valence-corrected chi connectivity index (χ0v) is 12.7. The summed E-state index contributed by atoms with van der Waals surface area (Å²) in [5, 5.41) is 4.11. The number of nitrogens with one attached hydrogen (secondary N) is 1. The molecule has 2 aromatic rings. The molecule has 0 aliphatic heterocycles. The fourth-order valence-corrected chi connectivity index (χ4v) is 2.09. The lowest BCUT2D eigenvalue weighted by molar-refractivity contribution is -0.137. The van der Waals surface area contributed by atoms with Crippen molar-refractivity contribution in [3.63, 3.8) is 0 Å². The SMILES string of the molecule is C/C(=N/Nc1cccc(C(F)(F)F)c1)c1cccc(Br)c1. The van der Waals surface area contributed by atoms with Gasteiger partial charge in [0.1, 0.15) is 0 Å². The quantitative estimate of drug-likeness (QED) is 0.585. The maximum absolute atomic E-state index is 12.6. The van der Waals surface area contributed by atoms with Crippen molar-refractivity contribution >= 4 is 27.3 Å².